The molecule has 0 aromatic heterocycles. The number of primary amides is 1. The van der Waals surface area contributed by atoms with Crippen molar-refractivity contribution < 1.29 is 4.79 Å². The van der Waals surface area contributed by atoms with E-state index in [1.54, 1.807) is 0 Å². The van der Waals surface area contributed by atoms with Crippen LogP contribution in [-0.4, -0.2) is 42.0 Å². The van der Waals surface area contributed by atoms with E-state index >= 15 is 0 Å². The van der Waals surface area contributed by atoms with E-state index in [9.17, 15) is 4.79 Å². The molecular weight excluding hydrogens is 214 g/mol. The number of nitrogens with one attached hydrogen (secondary N) is 1. The lowest BCUT2D eigenvalue weighted by molar-refractivity contribution is -0.120. The second-order valence-electron chi connectivity index (χ2n) is 5.31. The number of hydrogen-bond acceptors (Lipinski definition) is 3. The van der Waals surface area contributed by atoms with Crippen molar-refractivity contribution in [2.45, 2.75) is 64.6 Å². The van der Waals surface area contributed by atoms with Crippen LogP contribution in [0.25, 0.3) is 0 Å². The van der Waals surface area contributed by atoms with Crippen LogP contribution >= 0.6 is 0 Å². The van der Waals surface area contributed by atoms with Crippen molar-refractivity contribution >= 4 is 5.91 Å². The van der Waals surface area contributed by atoms with Gasteiger partial charge in [-0.3, -0.25) is 4.79 Å². The normalized spacial score (nSPS) is 17.7. The lowest BCUT2D eigenvalue weighted by Crippen LogP contribution is -2.45. The predicted molar refractivity (Wildman–Crippen MR) is 70.8 cm³/mol. The molecule has 0 aliphatic heterocycles. The molecule has 0 aromatic rings. The number of carbonyl (C=O) groups is 1. The van der Waals surface area contributed by atoms with Gasteiger partial charge in [0.1, 0.15) is 0 Å². The molecular formula is C13H27N3O. The summed E-state index contributed by atoms with van der Waals surface area (Å²) in [5, 5.41) is 3.33. The van der Waals surface area contributed by atoms with Gasteiger partial charge in [0.05, 0.1) is 6.04 Å². The molecule has 100 valence electrons. The van der Waals surface area contributed by atoms with Gasteiger partial charge in [0.25, 0.3) is 0 Å². The van der Waals surface area contributed by atoms with Crippen molar-refractivity contribution in [1.82, 2.24) is 10.2 Å². The van der Waals surface area contributed by atoms with Gasteiger partial charge in [-0.25, -0.2) is 0 Å². The highest BCUT2D eigenvalue weighted by Gasteiger charge is 2.27. The molecule has 0 aromatic carbocycles. The van der Waals surface area contributed by atoms with Gasteiger partial charge in [-0.05, 0) is 46.1 Å². The largest absolute Gasteiger partial charge is 0.368 e. The number of carbonyl (C=O) groups excluding carboxylic acids is 1. The van der Waals surface area contributed by atoms with Crippen LogP contribution in [0.1, 0.15) is 46.5 Å². The smallest absolute Gasteiger partial charge is 0.234 e. The zero-order valence-electron chi connectivity index (χ0n) is 11.4. The summed E-state index contributed by atoms with van der Waals surface area (Å²) >= 11 is 0. The fourth-order valence-corrected chi connectivity index (χ4v) is 2.05. The van der Waals surface area contributed by atoms with Crippen molar-refractivity contribution in [2.75, 3.05) is 13.1 Å². The first kappa shape index (κ1) is 14.5. The monoisotopic (exact) mass is 241 g/mol. The Balaban J connectivity index is 2.34. The highest BCUT2D eigenvalue weighted by molar-refractivity contribution is 5.79. The van der Waals surface area contributed by atoms with Crippen molar-refractivity contribution in [3.8, 4) is 0 Å². The summed E-state index contributed by atoms with van der Waals surface area (Å²) < 4.78 is 0. The molecule has 1 saturated carbocycles. The Bertz CT molecular complexity index is 239. The molecule has 1 rings (SSSR count). The van der Waals surface area contributed by atoms with Gasteiger partial charge in [0.15, 0.2) is 0 Å². The molecule has 4 nitrogen and oxygen atoms in total. The number of nitrogens with two attached hydrogens (primary N) is 1. The third-order valence-corrected chi connectivity index (χ3v) is 3.30. The minimum Gasteiger partial charge on any atom is -0.368 e. The van der Waals surface area contributed by atoms with E-state index in [4.69, 9.17) is 5.73 Å². The number of amides is 1. The van der Waals surface area contributed by atoms with Crippen LogP contribution in [0.3, 0.4) is 0 Å². The van der Waals surface area contributed by atoms with E-state index in [-0.39, 0.29) is 11.9 Å². The summed E-state index contributed by atoms with van der Waals surface area (Å²) in [7, 11) is 0. The predicted octanol–water partition coefficient (Wildman–Crippen LogP) is 1.10. The Morgan fingerprint density at radius 2 is 2.06 bits per heavy atom. The molecule has 0 saturated heterocycles. The van der Waals surface area contributed by atoms with Crippen LogP contribution in [0.2, 0.25) is 0 Å². The van der Waals surface area contributed by atoms with Crippen molar-refractivity contribution in [3.05, 3.63) is 0 Å². The van der Waals surface area contributed by atoms with Crippen LogP contribution in [0.5, 0.6) is 0 Å². The van der Waals surface area contributed by atoms with Gasteiger partial charge in [0, 0.05) is 18.6 Å². The first-order chi connectivity index (χ1) is 8.04. The molecule has 4 heteroatoms. The van der Waals surface area contributed by atoms with Crippen LogP contribution in [0.15, 0.2) is 0 Å². The first-order valence-electron chi connectivity index (χ1n) is 6.84. The average Bonchev–Trinajstić information content (AvgIpc) is 3.05. The summed E-state index contributed by atoms with van der Waals surface area (Å²) in [4.78, 5) is 13.8. The van der Waals surface area contributed by atoms with Crippen molar-refractivity contribution in [1.29, 1.82) is 0 Å². The maximum absolute atomic E-state index is 11.3. The Labute approximate surface area is 105 Å². The lowest BCUT2D eigenvalue weighted by Gasteiger charge is -2.27. The molecule has 0 heterocycles. The summed E-state index contributed by atoms with van der Waals surface area (Å²) in [5.74, 6) is -0.211. The maximum Gasteiger partial charge on any atom is 0.234 e. The Morgan fingerprint density at radius 3 is 2.47 bits per heavy atom. The van der Waals surface area contributed by atoms with Crippen LogP contribution in [0, 0.1) is 0 Å². The average molecular weight is 241 g/mol. The van der Waals surface area contributed by atoms with E-state index in [0.29, 0.717) is 12.1 Å². The number of rotatable bonds is 9. The van der Waals surface area contributed by atoms with E-state index in [1.807, 2.05) is 0 Å². The molecule has 1 amide bonds. The SMILES string of the molecule is CCCN(CCC(NC1CC1)C(N)=O)C(C)C. The standard InChI is InChI=1S/C13H27N3O/c1-4-8-16(10(2)3)9-7-12(13(14)17)15-11-5-6-11/h10-12,15H,4-9H2,1-3H3,(H2,14,17). The number of nitrogens with zero attached hydrogens (tertiary/aromatic N) is 1. The quantitative estimate of drug-likeness (QED) is 0.635. The van der Waals surface area contributed by atoms with Gasteiger partial charge in [0.2, 0.25) is 5.91 Å². The summed E-state index contributed by atoms with van der Waals surface area (Å²) in [6.07, 6.45) is 4.35. The van der Waals surface area contributed by atoms with E-state index in [0.717, 1.165) is 25.9 Å². The number of hydrogen-bond donors (Lipinski definition) is 2. The van der Waals surface area contributed by atoms with Crippen LogP contribution in [-0.2, 0) is 4.79 Å². The van der Waals surface area contributed by atoms with E-state index < -0.39 is 0 Å². The molecule has 1 unspecified atom stereocenters. The first-order valence-corrected chi connectivity index (χ1v) is 6.84. The van der Waals surface area contributed by atoms with Gasteiger partial charge in [-0.15, -0.1) is 0 Å². The Morgan fingerprint density at radius 1 is 1.41 bits per heavy atom. The molecule has 1 aliphatic rings. The minimum atomic E-state index is -0.211. The zero-order chi connectivity index (χ0) is 12.8. The molecule has 0 spiro atoms. The minimum absolute atomic E-state index is 0.152. The Kier molecular flexibility index (Phi) is 5.92. The van der Waals surface area contributed by atoms with Gasteiger partial charge in [-0.2, -0.15) is 0 Å². The highest BCUT2D eigenvalue weighted by Crippen LogP contribution is 2.20. The lowest BCUT2D eigenvalue weighted by atomic mass is 10.1. The third-order valence-electron chi connectivity index (χ3n) is 3.30. The fraction of sp³-hybridized carbons (Fsp3) is 0.923. The Hall–Kier alpha value is -0.610. The topological polar surface area (TPSA) is 58.4 Å². The highest BCUT2D eigenvalue weighted by atomic mass is 16.1. The second-order valence-corrected chi connectivity index (χ2v) is 5.31. The third kappa shape index (κ3) is 5.50. The van der Waals surface area contributed by atoms with Gasteiger partial charge in [-0.1, -0.05) is 6.92 Å². The van der Waals surface area contributed by atoms with Gasteiger partial charge < -0.3 is 16.0 Å². The molecule has 17 heavy (non-hydrogen) atoms. The summed E-state index contributed by atoms with van der Waals surface area (Å²) in [5.41, 5.74) is 5.43. The summed E-state index contributed by atoms with van der Waals surface area (Å²) in [6, 6.07) is 0.913. The molecule has 1 aliphatic carbocycles. The van der Waals surface area contributed by atoms with E-state index in [2.05, 4.69) is 31.0 Å². The van der Waals surface area contributed by atoms with Crippen molar-refractivity contribution in [3.63, 3.8) is 0 Å². The molecule has 3 N–H and O–H groups in total. The second kappa shape index (κ2) is 6.97. The van der Waals surface area contributed by atoms with Crippen molar-refractivity contribution in [2.24, 2.45) is 5.73 Å². The molecule has 0 radical (unpaired) electrons. The van der Waals surface area contributed by atoms with Gasteiger partial charge >= 0.3 is 0 Å². The molecule has 1 fully saturated rings. The van der Waals surface area contributed by atoms with E-state index in [1.165, 1.54) is 12.8 Å². The summed E-state index contributed by atoms with van der Waals surface area (Å²) in [6.45, 7) is 8.61. The van der Waals surface area contributed by atoms with Crippen LogP contribution < -0.4 is 11.1 Å². The molecule has 1 atom stereocenters. The zero-order valence-corrected chi connectivity index (χ0v) is 11.4. The molecule has 0 bridgehead atoms. The maximum atomic E-state index is 11.3. The van der Waals surface area contributed by atoms with Crippen LogP contribution in [0.4, 0.5) is 0 Å². The fourth-order valence-electron chi connectivity index (χ4n) is 2.05.